The Bertz CT molecular complexity index is 566. The Morgan fingerprint density at radius 3 is 2.60 bits per heavy atom. The van der Waals surface area contributed by atoms with Crippen molar-refractivity contribution < 1.29 is 8.42 Å². The highest BCUT2D eigenvalue weighted by molar-refractivity contribution is 7.89. The molecule has 0 aliphatic carbocycles. The lowest BCUT2D eigenvalue weighted by Crippen LogP contribution is -2.46. The van der Waals surface area contributed by atoms with Crippen molar-refractivity contribution in [3.8, 4) is 0 Å². The van der Waals surface area contributed by atoms with Crippen LogP contribution in [0.25, 0.3) is 0 Å². The van der Waals surface area contributed by atoms with Crippen molar-refractivity contribution in [1.29, 1.82) is 0 Å². The molecule has 1 aromatic carbocycles. The van der Waals surface area contributed by atoms with Crippen molar-refractivity contribution in [3.05, 3.63) is 28.2 Å². The number of likely N-dealkylation sites (N-methyl/N-ethyl adjacent to an activating group) is 1. The van der Waals surface area contributed by atoms with Gasteiger partial charge in [-0.15, -0.1) is 12.4 Å². The highest BCUT2D eigenvalue weighted by atomic mass is 35.5. The van der Waals surface area contributed by atoms with Gasteiger partial charge in [-0.05, 0) is 38.1 Å². The molecule has 0 amide bonds. The summed E-state index contributed by atoms with van der Waals surface area (Å²) in [6.45, 7) is 1.03. The van der Waals surface area contributed by atoms with Crippen LogP contribution >= 0.6 is 35.6 Å². The number of halogens is 3. The monoisotopic (exact) mass is 358 g/mol. The molecule has 1 aliphatic rings. The van der Waals surface area contributed by atoms with Crippen LogP contribution in [-0.2, 0) is 10.0 Å². The lowest BCUT2D eigenvalue weighted by atomic mass is 10.1. The van der Waals surface area contributed by atoms with E-state index in [-0.39, 0.29) is 28.4 Å². The minimum Gasteiger partial charge on any atom is -0.316 e. The molecule has 1 atom stereocenters. The van der Waals surface area contributed by atoms with Gasteiger partial charge in [-0.2, -0.15) is 4.31 Å². The van der Waals surface area contributed by atoms with E-state index < -0.39 is 10.0 Å². The highest BCUT2D eigenvalue weighted by Crippen LogP contribution is 2.27. The number of benzene rings is 1. The summed E-state index contributed by atoms with van der Waals surface area (Å²) in [5, 5.41) is 3.73. The van der Waals surface area contributed by atoms with Crippen LogP contribution in [0.2, 0.25) is 10.0 Å². The van der Waals surface area contributed by atoms with E-state index in [0.717, 1.165) is 12.8 Å². The highest BCUT2D eigenvalue weighted by Gasteiger charge is 2.29. The average Bonchev–Trinajstić information content (AvgIpc) is 2.41. The molecule has 1 aromatic rings. The largest absolute Gasteiger partial charge is 0.316 e. The molecule has 0 spiro atoms. The van der Waals surface area contributed by atoms with Crippen LogP contribution in [-0.4, -0.2) is 38.9 Å². The second-order valence-corrected chi connectivity index (χ2v) is 7.32. The standard InChI is InChI=1S/C12H16Cl2N2O2S.ClH/c1-15-9-3-2-6-16(8-9)19(17,18)10-4-5-11(13)12(14)7-10;/h4-5,7,9,15H,2-3,6,8H2,1H3;1H. The lowest BCUT2D eigenvalue weighted by Gasteiger charge is -2.31. The molecule has 1 heterocycles. The fourth-order valence-electron chi connectivity index (χ4n) is 2.18. The van der Waals surface area contributed by atoms with E-state index in [4.69, 9.17) is 23.2 Å². The van der Waals surface area contributed by atoms with Gasteiger partial charge in [-0.3, -0.25) is 0 Å². The van der Waals surface area contributed by atoms with Crippen LogP contribution < -0.4 is 5.32 Å². The molecule has 114 valence electrons. The molecule has 1 aliphatic heterocycles. The first-order chi connectivity index (χ1) is 8.95. The quantitative estimate of drug-likeness (QED) is 0.903. The predicted molar refractivity (Wildman–Crippen MR) is 84.6 cm³/mol. The second-order valence-electron chi connectivity index (χ2n) is 4.57. The smallest absolute Gasteiger partial charge is 0.243 e. The Morgan fingerprint density at radius 2 is 2.00 bits per heavy atom. The van der Waals surface area contributed by atoms with E-state index in [1.807, 2.05) is 7.05 Å². The predicted octanol–water partition coefficient (Wildman–Crippen LogP) is 2.79. The average molecular weight is 360 g/mol. The van der Waals surface area contributed by atoms with Gasteiger partial charge < -0.3 is 5.32 Å². The molecule has 20 heavy (non-hydrogen) atoms. The van der Waals surface area contributed by atoms with Gasteiger partial charge >= 0.3 is 0 Å². The number of nitrogens with one attached hydrogen (secondary N) is 1. The summed E-state index contributed by atoms with van der Waals surface area (Å²) in [5.41, 5.74) is 0. The van der Waals surface area contributed by atoms with Crippen LogP contribution in [0.1, 0.15) is 12.8 Å². The van der Waals surface area contributed by atoms with Gasteiger partial charge in [0.15, 0.2) is 0 Å². The van der Waals surface area contributed by atoms with Crippen molar-refractivity contribution >= 4 is 45.6 Å². The third kappa shape index (κ3) is 3.78. The summed E-state index contributed by atoms with van der Waals surface area (Å²) in [5.74, 6) is 0. The van der Waals surface area contributed by atoms with Crippen molar-refractivity contribution in [2.75, 3.05) is 20.1 Å². The number of piperidine rings is 1. The summed E-state index contributed by atoms with van der Waals surface area (Å²) in [7, 11) is -1.65. The molecule has 2 rings (SSSR count). The normalized spacial score (nSPS) is 20.4. The zero-order valence-electron chi connectivity index (χ0n) is 11.0. The second kappa shape index (κ2) is 7.29. The number of sulfonamides is 1. The van der Waals surface area contributed by atoms with Gasteiger partial charge in [0, 0.05) is 19.1 Å². The molecular formula is C12H17Cl3N2O2S. The molecule has 0 aromatic heterocycles. The zero-order chi connectivity index (χ0) is 14.0. The molecule has 4 nitrogen and oxygen atoms in total. The molecule has 0 saturated carbocycles. The van der Waals surface area contributed by atoms with Crippen LogP contribution in [0.4, 0.5) is 0 Å². The summed E-state index contributed by atoms with van der Waals surface area (Å²) in [6, 6.07) is 4.61. The zero-order valence-corrected chi connectivity index (χ0v) is 14.1. The van der Waals surface area contributed by atoms with Crippen molar-refractivity contribution in [2.45, 2.75) is 23.8 Å². The minimum absolute atomic E-state index is 0. The van der Waals surface area contributed by atoms with Crippen LogP contribution in [0.15, 0.2) is 23.1 Å². The fraction of sp³-hybridized carbons (Fsp3) is 0.500. The van der Waals surface area contributed by atoms with Gasteiger partial charge in [0.2, 0.25) is 10.0 Å². The molecule has 8 heteroatoms. The first-order valence-corrected chi connectivity index (χ1v) is 8.27. The van der Waals surface area contributed by atoms with Gasteiger partial charge in [0.25, 0.3) is 0 Å². The maximum absolute atomic E-state index is 12.5. The van der Waals surface area contributed by atoms with Crippen LogP contribution in [0.3, 0.4) is 0 Å². The molecule has 0 bridgehead atoms. The van der Waals surface area contributed by atoms with Crippen LogP contribution in [0.5, 0.6) is 0 Å². The Kier molecular flexibility index (Phi) is 6.57. The summed E-state index contributed by atoms with van der Waals surface area (Å²) in [6.07, 6.45) is 1.84. The van der Waals surface area contributed by atoms with E-state index in [2.05, 4.69) is 5.32 Å². The summed E-state index contributed by atoms with van der Waals surface area (Å²) in [4.78, 5) is 0.193. The Labute approximate surface area is 135 Å². The van der Waals surface area contributed by atoms with E-state index >= 15 is 0 Å². The maximum Gasteiger partial charge on any atom is 0.243 e. The van der Waals surface area contributed by atoms with Gasteiger partial charge in [0.1, 0.15) is 0 Å². The maximum atomic E-state index is 12.5. The third-order valence-electron chi connectivity index (χ3n) is 3.32. The summed E-state index contributed by atoms with van der Waals surface area (Å²) < 4.78 is 26.5. The minimum atomic E-state index is -3.49. The van der Waals surface area contributed by atoms with Crippen molar-refractivity contribution in [3.63, 3.8) is 0 Å². The Morgan fingerprint density at radius 1 is 1.30 bits per heavy atom. The number of hydrogen-bond acceptors (Lipinski definition) is 3. The summed E-state index contributed by atoms with van der Waals surface area (Å²) >= 11 is 11.7. The van der Waals surface area contributed by atoms with E-state index in [9.17, 15) is 8.42 Å². The molecular weight excluding hydrogens is 343 g/mol. The van der Waals surface area contributed by atoms with E-state index in [1.165, 1.54) is 22.5 Å². The molecule has 1 saturated heterocycles. The Balaban J connectivity index is 0.00000200. The molecule has 1 unspecified atom stereocenters. The molecule has 0 radical (unpaired) electrons. The molecule has 1 N–H and O–H groups in total. The Hall–Kier alpha value is -0.0400. The van der Waals surface area contributed by atoms with Crippen molar-refractivity contribution in [1.82, 2.24) is 9.62 Å². The van der Waals surface area contributed by atoms with Crippen LogP contribution in [0, 0.1) is 0 Å². The van der Waals surface area contributed by atoms with Gasteiger partial charge in [0.05, 0.1) is 14.9 Å². The van der Waals surface area contributed by atoms with E-state index in [0.29, 0.717) is 18.1 Å². The number of nitrogens with zero attached hydrogens (tertiary/aromatic N) is 1. The SMILES string of the molecule is CNC1CCCN(S(=O)(=O)c2ccc(Cl)c(Cl)c2)C1.Cl. The lowest BCUT2D eigenvalue weighted by molar-refractivity contribution is 0.293. The topological polar surface area (TPSA) is 49.4 Å². The first kappa shape index (κ1) is 18.0. The third-order valence-corrected chi connectivity index (χ3v) is 5.92. The van der Waals surface area contributed by atoms with Gasteiger partial charge in [-0.25, -0.2) is 8.42 Å². The fourth-order valence-corrected chi connectivity index (χ4v) is 4.10. The number of rotatable bonds is 3. The number of hydrogen-bond donors (Lipinski definition) is 1. The first-order valence-electron chi connectivity index (χ1n) is 6.07. The van der Waals surface area contributed by atoms with Gasteiger partial charge in [-0.1, -0.05) is 23.2 Å². The van der Waals surface area contributed by atoms with Crippen molar-refractivity contribution in [2.24, 2.45) is 0 Å². The van der Waals surface area contributed by atoms with E-state index in [1.54, 1.807) is 0 Å². The molecule has 1 fully saturated rings.